The molecule has 3 rings (SSSR count). The summed E-state index contributed by atoms with van der Waals surface area (Å²) in [5, 5.41) is 13.9. The fourth-order valence-electron chi connectivity index (χ4n) is 2.63. The van der Waals surface area contributed by atoms with Crippen molar-refractivity contribution < 1.29 is 23.1 Å². The highest BCUT2D eigenvalue weighted by molar-refractivity contribution is 5.88. The van der Waals surface area contributed by atoms with Crippen molar-refractivity contribution in [2.45, 2.75) is 30.7 Å². The summed E-state index contributed by atoms with van der Waals surface area (Å²) in [6.07, 6.45) is -4.26. The van der Waals surface area contributed by atoms with E-state index < -0.39 is 23.7 Å². The molecule has 6 heteroatoms. The molecular formula is C16H14F3NO2. The highest BCUT2D eigenvalue weighted by atomic mass is 19.4. The van der Waals surface area contributed by atoms with Gasteiger partial charge in [0.05, 0.1) is 11.6 Å². The molecule has 1 saturated carbocycles. The van der Waals surface area contributed by atoms with E-state index in [1.807, 2.05) is 23.5 Å². The SMILES string of the molecule is O=C(NC(c1cccc2ccccc12)C1(O)CC1)C(F)(F)F. The third kappa shape index (κ3) is 2.66. The summed E-state index contributed by atoms with van der Waals surface area (Å²) in [4.78, 5) is 11.3. The lowest BCUT2D eigenvalue weighted by molar-refractivity contribution is -0.175. The average molecular weight is 309 g/mol. The lowest BCUT2D eigenvalue weighted by Crippen LogP contribution is -2.44. The maximum Gasteiger partial charge on any atom is 0.471 e. The second-order valence-corrected chi connectivity index (χ2v) is 5.58. The fourth-order valence-corrected chi connectivity index (χ4v) is 2.63. The zero-order chi connectivity index (χ0) is 16.0. The third-order valence-electron chi connectivity index (χ3n) is 3.97. The summed E-state index contributed by atoms with van der Waals surface area (Å²) < 4.78 is 37.7. The summed E-state index contributed by atoms with van der Waals surface area (Å²) >= 11 is 0. The lowest BCUT2D eigenvalue weighted by atomic mass is 9.94. The Bertz CT molecular complexity index is 717. The van der Waals surface area contributed by atoms with Crippen LogP contribution in [0.2, 0.25) is 0 Å². The Labute approximate surface area is 124 Å². The fraction of sp³-hybridized carbons (Fsp3) is 0.312. The first-order valence-electron chi connectivity index (χ1n) is 6.89. The zero-order valence-electron chi connectivity index (χ0n) is 11.5. The van der Waals surface area contributed by atoms with Crippen molar-refractivity contribution in [3.05, 3.63) is 48.0 Å². The predicted molar refractivity (Wildman–Crippen MR) is 75.1 cm³/mol. The number of aliphatic hydroxyl groups is 1. The zero-order valence-corrected chi connectivity index (χ0v) is 11.5. The molecule has 22 heavy (non-hydrogen) atoms. The highest BCUT2D eigenvalue weighted by Gasteiger charge is 2.52. The predicted octanol–water partition coefficient (Wildman–Crippen LogP) is 3.08. The Morgan fingerprint density at radius 3 is 2.41 bits per heavy atom. The van der Waals surface area contributed by atoms with Crippen LogP contribution in [0.25, 0.3) is 10.8 Å². The Morgan fingerprint density at radius 1 is 1.14 bits per heavy atom. The first-order chi connectivity index (χ1) is 10.3. The molecular weight excluding hydrogens is 295 g/mol. The van der Waals surface area contributed by atoms with E-state index in [0.29, 0.717) is 18.4 Å². The Hall–Kier alpha value is -2.08. The van der Waals surface area contributed by atoms with E-state index in [2.05, 4.69) is 0 Å². The molecule has 2 aromatic carbocycles. The van der Waals surface area contributed by atoms with Gasteiger partial charge in [0.15, 0.2) is 0 Å². The molecule has 0 heterocycles. The maximum absolute atomic E-state index is 12.6. The maximum atomic E-state index is 12.6. The van der Waals surface area contributed by atoms with Crippen LogP contribution in [0.15, 0.2) is 42.5 Å². The first kappa shape index (κ1) is 14.8. The molecule has 2 aromatic rings. The van der Waals surface area contributed by atoms with Gasteiger partial charge in [0.1, 0.15) is 0 Å². The van der Waals surface area contributed by atoms with Gasteiger partial charge in [-0.3, -0.25) is 4.79 Å². The smallest absolute Gasteiger partial charge is 0.387 e. The van der Waals surface area contributed by atoms with Gasteiger partial charge in [-0.05, 0) is 29.2 Å². The number of fused-ring (bicyclic) bond motifs is 1. The van der Waals surface area contributed by atoms with Crippen LogP contribution in [-0.2, 0) is 4.79 Å². The van der Waals surface area contributed by atoms with E-state index >= 15 is 0 Å². The van der Waals surface area contributed by atoms with Crippen LogP contribution in [0.1, 0.15) is 24.4 Å². The second kappa shape index (κ2) is 4.98. The molecule has 1 aliphatic rings. The number of rotatable bonds is 3. The quantitative estimate of drug-likeness (QED) is 0.915. The van der Waals surface area contributed by atoms with Gasteiger partial charge in [0.2, 0.25) is 0 Å². The first-order valence-corrected chi connectivity index (χ1v) is 6.89. The van der Waals surface area contributed by atoms with E-state index in [4.69, 9.17) is 0 Å². The molecule has 0 saturated heterocycles. The number of amides is 1. The third-order valence-corrected chi connectivity index (χ3v) is 3.97. The van der Waals surface area contributed by atoms with Gasteiger partial charge in [-0.2, -0.15) is 13.2 Å². The normalized spacial score (nSPS) is 18.0. The molecule has 1 atom stereocenters. The molecule has 0 aliphatic heterocycles. The molecule has 1 aliphatic carbocycles. The van der Waals surface area contributed by atoms with E-state index in [1.165, 1.54) is 0 Å². The summed E-state index contributed by atoms with van der Waals surface area (Å²) in [6.45, 7) is 0. The molecule has 0 bridgehead atoms. The Kier molecular flexibility index (Phi) is 3.36. The number of nitrogens with one attached hydrogen (secondary N) is 1. The molecule has 1 fully saturated rings. The number of benzene rings is 2. The average Bonchev–Trinajstić information content (AvgIpc) is 3.22. The standard InChI is InChI=1S/C16H14F3NO2/c17-16(18,19)14(21)20-13(15(22)8-9-15)12-7-3-5-10-4-1-2-6-11(10)12/h1-7,13,22H,8-9H2,(H,20,21). The number of hydrogen-bond donors (Lipinski definition) is 2. The minimum atomic E-state index is -4.98. The van der Waals surface area contributed by atoms with Gasteiger partial charge in [-0.25, -0.2) is 0 Å². The van der Waals surface area contributed by atoms with E-state index in [-0.39, 0.29) is 0 Å². The van der Waals surface area contributed by atoms with Crippen LogP contribution in [0.4, 0.5) is 13.2 Å². The van der Waals surface area contributed by atoms with Crippen molar-refractivity contribution in [1.29, 1.82) is 0 Å². The van der Waals surface area contributed by atoms with Gasteiger partial charge in [-0.1, -0.05) is 42.5 Å². The lowest BCUT2D eigenvalue weighted by Gasteiger charge is -2.26. The number of hydrogen-bond acceptors (Lipinski definition) is 2. The van der Waals surface area contributed by atoms with Gasteiger partial charge >= 0.3 is 12.1 Å². The summed E-state index contributed by atoms with van der Waals surface area (Å²) in [5.41, 5.74) is -0.818. The van der Waals surface area contributed by atoms with Crippen LogP contribution in [0, 0.1) is 0 Å². The van der Waals surface area contributed by atoms with Crippen LogP contribution in [-0.4, -0.2) is 22.8 Å². The van der Waals surface area contributed by atoms with E-state index in [1.54, 1.807) is 24.3 Å². The molecule has 3 nitrogen and oxygen atoms in total. The minimum Gasteiger partial charge on any atom is -0.387 e. The van der Waals surface area contributed by atoms with Gasteiger partial charge < -0.3 is 10.4 Å². The van der Waals surface area contributed by atoms with Crippen molar-refractivity contribution in [3.8, 4) is 0 Å². The molecule has 2 N–H and O–H groups in total. The summed E-state index contributed by atoms with van der Waals surface area (Å²) in [6, 6.07) is 11.3. The van der Waals surface area contributed by atoms with Gasteiger partial charge in [-0.15, -0.1) is 0 Å². The number of alkyl halides is 3. The highest BCUT2D eigenvalue weighted by Crippen LogP contribution is 2.47. The second-order valence-electron chi connectivity index (χ2n) is 5.58. The van der Waals surface area contributed by atoms with Crippen molar-refractivity contribution in [1.82, 2.24) is 5.32 Å². The van der Waals surface area contributed by atoms with Gasteiger partial charge in [0.25, 0.3) is 0 Å². The Balaban J connectivity index is 2.04. The van der Waals surface area contributed by atoms with Crippen LogP contribution >= 0.6 is 0 Å². The molecule has 1 amide bonds. The number of halogens is 3. The number of carbonyl (C=O) groups excluding carboxylic acids is 1. The van der Waals surface area contributed by atoms with E-state index in [9.17, 15) is 23.1 Å². The number of carbonyl (C=O) groups is 1. The molecule has 0 radical (unpaired) electrons. The minimum absolute atomic E-state index is 0.360. The molecule has 116 valence electrons. The van der Waals surface area contributed by atoms with Gasteiger partial charge in [0, 0.05) is 0 Å². The summed E-state index contributed by atoms with van der Waals surface area (Å²) in [5.74, 6) is -2.04. The van der Waals surface area contributed by atoms with Crippen LogP contribution < -0.4 is 5.32 Å². The topological polar surface area (TPSA) is 49.3 Å². The molecule has 0 aromatic heterocycles. The van der Waals surface area contributed by atoms with Crippen LogP contribution in [0.3, 0.4) is 0 Å². The Morgan fingerprint density at radius 2 is 1.77 bits per heavy atom. The monoisotopic (exact) mass is 309 g/mol. The van der Waals surface area contributed by atoms with E-state index in [0.717, 1.165) is 10.8 Å². The molecule has 1 unspecified atom stereocenters. The van der Waals surface area contributed by atoms with Crippen molar-refractivity contribution in [2.75, 3.05) is 0 Å². The molecule has 0 spiro atoms. The van der Waals surface area contributed by atoms with Crippen molar-refractivity contribution >= 4 is 16.7 Å². The van der Waals surface area contributed by atoms with Crippen molar-refractivity contribution in [2.24, 2.45) is 0 Å². The van der Waals surface area contributed by atoms with Crippen LogP contribution in [0.5, 0.6) is 0 Å². The van der Waals surface area contributed by atoms with Crippen molar-refractivity contribution in [3.63, 3.8) is 0 Å². The summed E-state index contributed by atoms with van der Waals surface area (Å²) in [7, 11) is 0. The largest absolute Gasteiger partial charge is 0.471 e.